The minimum absolute atomic E-state index is 0.0566. The van der Waals surface area contributed by atoms with E-state index >= 15 is 0 Å². The maximum atomic E-state index is 13.6. The molecule has 0 aliphatic heterocycles. The number of halogens is 3. The molecule has 0 amide bonds. The second-order valence-electron chi connectivity index (χ2n) is 3.74. The molecule has 0 aliphatic carbocycles. The smallest absolute Gasteiger partial charge is 0.204 e. The third-order valence-electron chi connectivity index (χ3n) is 2.44. The molecular formula is C12H9ClF2N2O. The summed E-state index contributed by atoms with van der Waals surface area (Å²) in [7, 11) is 0. The number of hydrogen-bond donors (Lipinski definition) is 0. The number of hydrogen-bond acceptors (Lipinski definition) is 2. The number of nitrogens with zero attached hydrogens (tertiary/aromatic N) is 2. The van der Waals surface area contributed by atoms with Crippen LogP contribution in [0.4, 0.5) is 8.78 Å². The molecule has 0 spiro atoms. The van der Waals surface area contributed by atoms with Crippen LogP contribution in [-0.2, 0) is 5.88 Å². The van der Waals surface area contributed by atoms with Crippen LogP contribution in [0.15, 0.2) is 29.1 Å². The van der Waals surface area contributed by atoms with Gasteiger partial charge in [-0.1, -0.05) is 0 Å². The molecular weight excluding hydrogens is 262 g/mol. The maximum absolute atomic E-state index is 13.6. The zero-order valence-electron chi connectivity index (χ0n) is 9.45. The minimum Gasteiger partial charge on any atom is -0.288 e. The third kappa shape index (κ3) is 2.26. The van der Waals surface area contributed by atoms with Crippen molar-refractivity contribution >= 4 is 11.6 Å². The van der Waals surface area contributed by atoms with Gasteiger partial charge in [0.25, 0.3) is 0 Å². The molecule has 18 heavy (non-hydrogen) atoms. The molecule has 1 aromatic carbocycles. The van der Waals surface area contributed by atoms with Crippen molar-refractivity contribution in [1.82, 2.24) is 9.78 Å². The molecule has 0 N–H and O–H groups in total. The highest BCUT2D eigenvalue weighted by atomic mass is 35.5. The lowest BCUT2D eigenvalue weighted by Crippen LogP contribution is -2.18. The molecule has 0 aliphatic rings. The summed E-state index contributed by atoms with van der Waals surface area (Å²) in [6.07, 6.45) is 0. The van der Waals surface area contributed by atoms with Gasteiger partial charge in [-0.3, -0.25) is 4.79 Å². The maximum Gasteiger partial charge on any atom is 0.204 e. The number of rotatable bonds is 2. The highest BCUT2D eigenvalue weighted by molar-refractivity contribution is 6.16. The number of aromatic nitrogens is 2. The molecule has 94 valence electrons. The SMILES string of the molecule is Cc1cc(=O)c(CCl)nn1-c1cc(F)ccc1F. The van der Waals surface area contributed by atoms with Gasteiger partial charge in [0.15, 0.2) is 0 Å². The first-order valence-corrected chi connectivity index (χ1v) is 5.67. The fourth-order valence-electron chi connectivity index (χ4n) is 1.57. The molecule has 0 radical (unpaired) electrons. The molecule has 0 saturated heterocycles. The summed E-state index contributed by atoms with van der Waals surface area (Å²) in [5.41, 5.74) is 0.110. The van der Waals surface area contributed by atoms with Crippen molar-refractivity contribution < 1.29 is 8.78 Å². The Bertz CT molecular complexity index is 655. The zero-order chi connectivity index (χ0) is 13.3. The summed E-state index contributed by atoms with van der Waals surface area (Å²) in [5.74, 6) is -1.30. The van der Waals surface area contributed by atoms with E-state index in [-0.39, 0.29) is 22.7 Å². The lowest BCUT2D eigenvalue weighted by Gasteiger charge is -2.11. The van der Waals surface area contributed by atoms with Crippen LogP contribution in [0.25, 0.3) is 5.69 Å². The van der Waals surface area contributed by atoms with Crippen LogP contribution < -0.4 is 5.43 Å². The lowest BCUT2D eigenvalue weighted by atomic mass is 10.2. The van der Waals surface area contributed by atoms with Crippen molar-refractivity contribution in [3.05, 3.63) is 57.5 Å². The van der Waals surface area contributed by atoms with Gasteiger partial charge in [-0.25, -0.2) is 13.5 Å². The van der Waals surface area contributed by atoms with Crippen molar-refractivity contribution in [2.75, 3.05) is 0 Å². The van der Waals surface area contributed by atoms with Crippen LogP contribution in [0, 0.1) is 18.6 Å². The van der Waals surface area contributed by atoms with E-state index in [2.05, 4.69) is 5.10 Å². The van der Waals surface area contributed by atoms with Gasteiger partial charge in [-0.2, -0.15) is 5.10 Å². The topological polar surface area (TPSA) is 34.9 Å². The van der Waals surface area contributed by atoms with Gasteiger partial charge in [0.1, 0.15) is 23.0 Å². The summed E-state index contributed by atoms with van der Waals surface area (Å²) in [6, 6.07) is 4.32. The van der Waals surface area contributed by atoms with Gasteiger partial charge in [0.05, 0.1) is 5.88 Å². The van der Waals surface area contributed by atoms with Crippen LogP contribution in [0.5, 0.6) is 0 Å². The largest absolute Gasteiger partial charge is 0.288 e. The van der Waals surface area contributed by atoms with E-state index in [4.69, 9.17) is 11.6 Å². The van der Waals surface area contributed by atoms with E-state index in [0.29, 0.717) is 5.69 Å². The normalized spacial score (nSPS) is 10.7. The van der Waals surface area contributed by atoms with E-state index in [1.807, 2.05) is 0 Å². The molecule has 1 aromatic heterocycles. The molecule has 0 atom stereocenters. The molecule has 0 fully saturated rings. The number of alkyl halides is 1. The van der Waals surface area contributed by atoms with Crippen molar-refractivity contribution in [1.29, 1.82) is 0 Å². The quantitative estimate of drug-likeness (QED) is 0.786. The number of aryl methyl sites for hydroxylation is 1. The summed E-state index contributed by atoms with van der Waals surface area (Å²) in [6.45, 7) is 1.58. The average Bonchev–Trinajstić information content (AvgIpc) is 2.33. The fraction of sp³-hybridized carbons (Fsp3) is 0.167. The van der Waals surface area contributed by atoms with Crippen LogP contribution in [0.3, 0.4) is 0 Å². The molecule has 0 bridgehead atoms. The predicted octanol–water partition coefficient (Wildman–Crippen LogP) is 2.56. The van der Waals surface area contributed by atoms with Crippen molar-refractivity contribution in [3.63, 3.8) is 0 Å². The number of benzene rings is 1. The Morgan fingerprint density at radius 1 is 1.33 bits per heavy atom. The second-order valence-corrected chi connectivity index (χ2v) is 4.01. The van der Waals surface area contributed by atoms with Gasteiger partial charge in [-0.05, 0) is 19.1 Å². The monoisotopic (exact) mass is 270 g/mol. The van der Waals surface area contributed by atoms with Crippen molar-refractivity contribution in [2.45, 2.75) is 12.8 Å². The zero-order valence-corrected chi connectivity index (χ0v) is 10.2. The second kappa shape index (κ2) is 4.86. The Kier molecular flexibility index (Phi) is 3.43. The summed E-state index contributed by atoms with van der Waals surface area (Å²) < 4.78 is 27.9. The van der Waals surface area contributed by atoms with Gasteiger partial charge in [-0.15, -0.1) is 11.6 Å². The molecule has 3 nitrogen and oxygen atoms in total. The standard InChI is InChI=1S/C12H9ClF2N2O/c1-7-4-12(18)10(6-13)16-17(7)11-5-8(14)2-3-9(11)15/h2-5H,6H2,1H3. The molecule has 6 heteroatoms. The van der Waals surface area contributed by atoms with Gasteiger partial charge in [0, 0.05) is 17.8 Å². The first-order valence-electron chi connectivity index (χ1n) is 5.14. The summed E-state index contributed by atoms with van der Waals surface area (Å²) in [4.78, 5) is 11.5. The highest BCUT2D eigenvalue weighted by Crippen LogP contribution is 2.15. The van der Waals surface area contributed by atoms with Crippen LogP contribution in [0.2, 0.25) is 0 Å². The van der Waals surface area contributed by atoms with Crippen molar-refractivity contribution in [2.24, 2.45) is 0 Å². The Labute approximate surface area is 107 Å². The molecule has 1 heterocycles. The van der Waals surface area contributed by atoms with Crippen LogP contribution in [-0.4, -0.2) is 9.78 Å². The average molecular weight is 271 g/mol. The van der Waals surface area contributed by atoms with E-state index in [9.17, 15) is 13.6 Å². The summed E-state index contributed by atoms with van der Waals surface area (Å²) >= 11 is 5.57. The predicted molar refractivity (Wildman–Crippen MR) is 64.0 cm³/mol. The lowest BCUT2D eigenvalue weighted by molar-refractivity contribution is 0.581. The first kappa shape index (κ1) is 12.7. The molecule has 0 saturated carbocycles. The fourth-order valence-corrected chi connectivity index (χ4v) is 1.75. The first-order chi connectivity index (χ1) is 8.52. The van der Waals surface area contributed by atoms with Gasteiger partial charge >= 0.3 is 0 Å². The Hall–Kier alpha value is -1.75. The van der Waals surface area contributed by atoms with E-state index in [1.54, 1.807) is 6.92 Å². The van der Waals surface area contributed by atoms with Crippen molar-refractivity contribution in [3.8, 4) is 5.69 Å². The van der Waals surface area contributed by atoms with E-state index < -0.39 is 11.6 Å². The van der Waals surface area contributed by atoms with Gasteiger partial charge in [0.2, 0.25) is 5.43 Å². The van der Waals surface area contributed by atoms with Gasteiger partial charge < -0.3 is 0 Å². The third-order valence-corrected chi connectivity index (χ3v) is 2.70. The Morgan fingerprint density at radius 2 is 2.06 bits per heavy atom. The molecule has 0 unspecified atom stereocenters. The van der Waals surface area contributed by atoms with E-state index in [0.717, 1.165) is 22.9 Å². The minimum atomic E-state index is -0.629. The van der Waals surface area contributed by atoms with Crippen LogP contribution >= 0.6 is 11.6 Å². The highest BCUT2D eigenvalue weighted by Gasteiger charge is 2.11. The molecule has 2 rings (SSSR count). The Morgan fingerprint density at radius 3 is 2.72 bits per heavy atom. The molecule has 2 aromatic rings. The van der Waals surface area contributed by atoms with E-state index in [1.165, 1.54) is 6.07 Å². The van der Waals surface area contributed by atoms with Crippen LogP contribution in [0.1, 0.15) is 11.4 Å². The Balaban J connectivity index is 2.70. The summed E-state index contributed by atoms with van der Waals surface area (Å²) in [5, 5.41) is 3.93.